The topological polar surface area (TPSA) is 43.1 Å². The largest absolute Gasteiger partial charge is 0.259 e. The summed E-state index contributed by atoms with van der Waals surface area (Å²) < 4.78 is 0. The minimum atomic E-state index is -0.380. The van der Waals surface area contributed by atoms with Crippen LogP contribution in [-0.4, -0.2) is 4.92 Å². The van der Waals surface area contributed by atoms with E-state index in [1.165, 1.54) is 6.08 Å². The molecule has 0 unspecified atom stereocenters. The van der Waals surface area contributed by atoms with Gasteiger partial charge in [-0.1, -0.05) is 18.7 Å². The molecule has 0 bridgehead atoms. The van der Waals surface area contributed by atoms with E-state index in [9.17, 15) is 10.1 Å². The van der Waals surface area contributed by atoms with Crippen molar-refractivity contribution in [1.82, 2.24) is 0 Å². The Morgan fingerprint density at radius 1 is 1.70 bits per heavy atom. The molecule has 0 fully saturated rings. The molecule has 0 spiro atoms. The molecular weight excluding hydrogens is 130 g/mol. The van der Waals surface area contributed by atoms with Crippen molar-refractivity contribution < 1.29 is 4.92 Å². The van der Waals surface area contributed by atoms with E-state index in [4.69, 9.17) is 0 Å². The van der Waals surface area contributed by atoms with Crippen LogP contribution < -0.4 is 0 Å². The van der Waals surface area contributed by atoms with Crippen LogP contribution in [0.4, 0.5) is 0 Å². The molecule has 0 aliphatic heterocycles. The Morgan fingerprint density at radius 3 is 2.80 bits per heavy atom. The first-order valence-electron chi connectivity index (χ1n) is 2.90. The highest BCUT2D eigenvalue weighted by molar-refractivity contribution is 5.33. The highest BCUT2D eigenvalue weighted by atomic mass is 16.6. The number of nitrogens with zero attached hydrogens (tertiary/aromatic N) is 1. The van der Waals surface area contributed by atoms with Gasteiger partial charge in [0.15, 0.2) is 0 Å². The fourth-order valence-corrected chi connectivity index (χ4v) is 0.779. The third-order valence-corrected chi connectivity index (χ3v) is 1.25. The minimum absolute atomic E-state index is 0.215. The normalized spacial score (nSPS) is 16.8. The third-order valence-electron chi connectivity index (χ3n) is 1.25. The zero-order chi connectivity index (χ0) is 7.56. The molecular formula is C7H7NO2. The molecule has 0 aromatic rings. The zero-order valence-corrected chi connectivity index (χ0v) is 5.41. The SMILES string of the molecule is C=C1C=CCC([N+](=O)[O-])=C1. The maximum absolute atomic E-state index is 10.2. The summed E-state index contributed by atoms with van der Waals surface area (Å²) in [4.78, 5) is 9.78. The van der Waals surface area contributed by atoms with Gasteiger partial charge in [0, 0.05) is 6.08 Å². The van der Waals surface area contributed by atoms with Crippen molar-refractivity contribution in [3.05, 3.63) is 46.2 Å². The van der Waals surface area contributed by atoms with Crippen LogP contribution in [0, 0.1) is 10.1 Å². The maximum Gasteiger partial charge on any atom is 0.250 e. The number of nitro groups is 1. The molecule has 1 rings (SSSR count). The molecule has 1 aliphatic carbocycles. The molecule has 0 saturated carbocycles. The lowest BCUT2D eigenvalue weighted by molar-refractivity contribution is -0.426. The fourth-order valence-electron chi connectivity index (χ4n) is 0.779. The van der Waals surface area contributed by atoms with Crippen molar-refractivity contribution in [3.8, 4) is 0 Å². The van der Waals surface area contributed by atoms with Gasteiger partial charge in [-0.25, -0.2) is 0 Å². The van der Waals surface area contributed by atoms with Gasteiger partial charge in [0.2, 0.25) is 0 Å². The van der Waals surface area contributed by atoms with Gasteiger partial charge < -0.3 is 0 Å². The van der Waals surface area contributed by atoms with E-state index < -0.39 is 0 Å². The molecule has 0 amide bonds. The molecule has 3 nitrogen and oxygen atoms in total. The lowest BCUT2D eigenvalue weighted by atomic mass is 10.1. The third kappa shape index (κ3) is 1.31. The second-order valence-electron chi connectivity index (χ2n) is 2.07. The molecule has 52 valence electrons. The van der Waals surface area contributed by atoms with E-state index in [0.717, 1.165) is 0 Å². The van der Waals surface area contributed by atoms with Crippen molar-refractivity contribution >= 4 is 0 Å². The molecule has 0 atom stereocenters. The fraction of sp³-hybridized carbons (Fsp3) is 0.143. The van der Waals surface area contributed by atoms with E-state index in [-0.39, 0.29) is 10.6 Å². The van der Waals surface area contributed by atoms with Gasteiger partial charge in [-0.15, -0.1) is 0 Å². The van der Waals surface area contributed by atoms with Gasteiger partial charge in [0.25, 0.3) is 5.70 Å². The van der Waals surface area contributed by atoms with E-state index in [0.29, 0.717) is 12.0 Å². The number of rotatable bonds is 1. The maximum atomic E-state index is 10.2. The van der Waals surface area contributed by atoms with Crippen molar-refractivity contribution in [2.75, 3.05) is 0 Å². The number of allylic oxidation sites excluding steroid dienone is 4. The Labute approximate surface area is 58.5 Å². The van der Waals surface area contributed by atoms with Crippen LogP contribution in [0.5, 0.6) is 0 Å². The van der Waals surface area contributed by atoms with Crippen LogP contribution in [0.1, 0.15) is 6.42 Å². The molecule has 10 heavy (non-hydrogen) atoms. The minimum Gasteiger partial charge on any atom is -0.259 e. The summed E-state index contributed by atoms with van der Waals surface area (Å²) in [5.74, 6) is 0. The van der Waals surface area contributed by atoms with Crippen LogP contribution in [0.3, 0.4) is 0 Å². The zero-order valence-electron chi connectivity index (χ0n) is 5.41. The molecule has 0 heterocycles. The van der Waals surface area contributed by atoms with Gasteiger partial charge in [-0.2, -0.15) is 0 Å². The highest BCUT2D eigenvalue weighted by Crippen LogP contribution is 2.13. The molecule has 0 radical (unpaired) electrons. The van der Waals surface area contributed by atoms with Crippen LogP contribution in [-0.2, 0) is 0 Å². The van der Waals surface area contributed by atoms with Crippen LogP contribution in [0.25, 0.3) is 0 Å². The summed E-state index contributed by atoms with van der Waals surface area (Å²) in [6.07, 6.45) is 5.40. The van der Waals surface area contributed by atoms with E-state index >= 15 is 0 Å². The van der Waals surface area contributed by atoms with Crippen LogP contribution in [0.2, 0.25) is 0 Å². The van der Waals surface area contributed by atoms with Gasteiger partial charge in [0.05, 0.1) is 11.3 Å². The van der Waals surface area contributed by atoms with E-state index in [2.05, 4.69) is 6.58 Å². The summed E-state index contributed by atoms with van der Waals surface area (Å²) in [6.45, 7) is 3.58. The first-order chi connectivity index (χ1) is 4.70. The monoisotopic (exact) mass is 137 g/mol. The summed E-state index contributed by atoms with van der Waals surface area (Å²) in [7, 11) is 0. The predicted molar refractivity (Wildman–Crippen MR) is 38.0 cm³/mol. The van der Waals surface area contributed by atoms with Crippen LogP contribution >= 0.6 is 0 Å². The Morgan fingerprint density at radius 2 is 2.40 bits per heavy atom. The van der Waals surface area contributed by atoms with E-state index in [1.807, 2.05) is 0 Å². The summed E-state index contributed by atoms with van der Waals surface area (Å²) in [5, 5.41) is 10.2. The first-order valence-corrected chi connectivity index (χ1v) is 2.90. The Bertz CT molecular complexity index is 238. The Balaban J connectivity index is 2.81. The molecule has 3 heteroatoms. The van der Waals surface area contributed by atoms with E-state index in [1.54, 1.807) is 12.2 Å². The second kappa shape index (κ2) is 2.47. The summed E-state index contributed by atoms with van der Waals surface area (Å²) in [6, 6.07) is 0. The number of hydrogen-bond donors (Lipinski definition) is 0. The molecule has 1 aliphatic rings. The van der Waals surface area contributed by atoms with Crippen molar-refractivity contribution in [2.24, 2.45) is 0 Å². The predicted octanol–water partition coefficient (Wildman–Crippen LogP) is 1.66. The van der Waals surface area contributed by atoms with Gasteiger partial charge in [-0.05, 0) is 5.57 Å². The molecule has 0 aromatic carbocycles. The first kappa shape index (κ1) is 6.74. The average molecular weight is 137 g/mol. The highest BCUT2D eigenvalue weighted by Gasteiger charge is 2.10. The summed E-state index contributed by atoms with van der Waals surface area (Å²) >= 11 is 0. The van der Waals surface area contributed by atoms with Crippen molar-refractivity contribution in [2.45, 2.75) is 6.42 Å². The van der Waals surface area contributed by atoms with Crippen molar-refractivity contribution in [3.63, 3.8) is 0 Å². The van der Waals surface area contributed by atoms with Crippen LogP contribution in [0.15, 0.2) is 36.1 Å². The van der Waals surface area contributed by atoms with Gasteiger partial charge >= 0.3 is 0 Å². The Kier molecular flexibility index (Phi) is 1.67. The molecule has 0 N–H and O–H groups in total. The second-order valence-corrected chi connectivity index (χ2v) is 2.07. The lowest BCUT2D eigenvalue weighted by Gasteiger charge is -1.99. The smallest absolute Gasteiger partial charge is 0.250 e. The van der Waals surface area contributed by atoms with Gasteiger partial charge in [-0.3, -0.25) is 10.1 Å². The Hall–Kier alpha value is -1.38. The standard InChI is InChI=1S/C7H7NO2/c1-6-3-2-4-7(5-6)8(9)10/h2-3,5H,1,4H2. The molecule has 0 saturated heterocycles. The van der Waals surface area contributed by atoms with Gasteiger partial charge in [0.1, 0.15) is 0 Å². The van der Waals surface area contributed by atoms with Crippen molar-refractivity contribution in [1.29, 1.82) is 0 Å². The summed E-state index contributed by atoms with van der Waals surface area (Å²) in [5.41, 5.74) is 0.908. The molecule has 0 aromatic heterocycles. The lowest BCUT2D eigenvalue weighted by Crippen LogP contribution is -1.99. The average Bonchev–Trinajstić information content (AvgIpc) is 1.88. The quantitative estimate of drug-likeness (QED) is 0.407. The number of hydrogen-bond acceptors (Lipinski definition) is 2.